The molecule has 0 radical (unpaired) electrons. The Morgan fingerprint density at radius 3 is 2.89 bits per heavy atom. The van der Waals surface area contributed by atoms with Crippen molar-refractivity contribution in [1.82, 2.24) is 14.5 Å². The van der Waals surface area contributed by atoms with Gasteiger partial charge in [0.05, 0.1) is 0 Å². The zero-order chi connectivity index (χ0) is 13.1. The molecule has 1 aromatic heterocycles. The van der Waals surface area contributed by atoms with Crippen LogP contribution in [0.4, 0.5) is 0 Å². The van der Waals surface area contributed by atoms with Crippen LogP contribution in [0.25, 0.3) is 0 Å². The van der Waals surface area contributed by atoms with E-state index in [9.17, 15) is 4.21 Å². The third-order valence-corrected chi connectivity index (χ3v) is 5.83. The molecule has 1 saturated heterocycles. The van der Waals surface area contributed by atoms with E-state index < -0.39 is 10.8 Å². The Hall–Kier alpha value is -0.680. The number of rotatable bonds is 4. The van der Waals surface area contributed by atoms with E-state index >= 15 is 0 Å². The van der Waals surface area contributed by atoms with Crippen molar-refractivity contribution in [1.29, 1.82) is 0 Å². The molecule has 3 unspecified atom stereocenters. The molecule has 0 aliphatic carbocycles. The monoisotopic (exact) mass is 269 g/mol. The molecule has 0 aromatic carbocycles. The highest BCUT2D eigenvalue weighted by Crippen LogP contribution is 2.16. The lowest BCUT2D eigenvalue weighted by Crippen LogP contribution is -2.50. The van der Waals surface area contributed by atoms with Crippen LogP contribution >= 0.6 is 0 Å². The zero-order valence-electron chi connectivity index (χ0n) is 11.5. The van der Waals surface area contributed by atoms with Crippen molar-refractivity contribution in [2.75, 3.05) is 18.8 Å². The predicted molar refractivity (Wildman–Crippen MR) is 75.1 cm³/mol. The van der Waals surface area contributed by atoms with Crippen LogP contribution in [-0.2, 0) is 17.3 Å². The van der Waals surface area contributed by atoms with Gasteiger partial charge in [0.2, 0.25) is 0 Å². The summed E-state index contributed by atoms with van der Waals surface area (Å²) in [6, 6.07) is 0.434. The molecule has 0 spiro atoms. The molecule has 0 N–H and O–H groups in total. The van der Waals surface area contributed by atoms with Crippen molar-refractivity contribution in [2.24, 2.45) is 0 Å². The fourth-order valence-corrected chi connectivity index (χ4v) is 3.91. The first-order valence-corrected chi connectivity index (χ1v) is 8.06. The third-order valence-electron chi connectivity index (χ3n) is 4.02. The summed E-state index contributed by atoms with van der Waals surface area (Å²) in [6.45, 7) is 9.42. The number of hydrogen-bond acceptors (Lipinski definition) is 3. The van der Waals surface area contributed by atoms with E-state index in [1.807, 2.05) is 19.3 Å². The van der Waals surface area contributed by atoms with Gasteiger partial charge in [-0.25, -0.2) is 4.98 Å². The number of hydrogen-bond donors (Lipinski definition) is 0. The van der Waals surface area contributed by atoms with Crippen LogP contribution in [0.3, 0.4) is 0 Å². The lowest BCUT2D eigenvalue weighted by molar-refractivity contribution is 0.204. The zero-order valence-corrected chi connectivity index (χ0v) is 12.3. The average Bonchev–Trinajstić information content (AvgIpc) is 2.75. The van der Waals surface area contributed by atoms with Crippen molar-refractivity contribution < 1.29 is 4.21 Å². The summed E-state index contributed by atoms with van der Waals surface area (Å²) < 4.78 is 13.9. The summed E-state index contributed by atoms with van der Waals surface area (Å²) >= 11 is 0. The Morgan fingerprint density at radius 2 is 2.22 bits per heavy atom. The summed E-state index contributed by atoms with van der Waals surface area (Å²) in [5, 5.41) is 0.300. The fourth-order valence-electron chi connectivity index (χ4n) is 2.51. The van der Waals surface area contributed by atoms with Gasteiger partial charge in [-0.15, -0.1) is 0 Å². The number of nitrogens with zero attached hydrogens (tertiary/aromatic N) is 3. The van der Waals surface area contributed by atoms with Crippen molar-refractivity contribution in [3.63, 3.8) is 0 Å². The Labute approximate surface area is 112 Å². The summed E-state index contributed by atoms with van der Waals surface area (Å²) in [5.74, 6) is 1.91. The molecule has 0 amide bonds. The van der Waals surface area contributed by atoms with Crippen LogP contribution in [0, 0.1) is 6.92 Å². The molecule has 18 heavy (non-hydrogen) atoms. The SMILES string of the molecule is Cc1nccn1CCCN1CCS(=O)C(C)C1C. The van der Waals surface area contributed by atoms with Gasteiger partial charge < -0.3 is 4.57 Å². The van der Waals surface area contributed by atoms with Gasteiger partial charge in [-0.2, -0.15) is 0 Å². The molecule has 1 aromatic rings. The van der Waals surface area contributed by atoms with Gasteiger partial charge in [0.15, 0.2) is 0 Å². The van der Waals surface area contributed by atoms with Gasteiger partial charge in [0.1, 0.15) is 5.82 Å². The molecule has 2 heterocycles. The van der Waals surface area contributed by atoms with E-state index in [0.717, 1.165) is 37.6 Å². The maximum Gasteiger partial charge on any atom is 0.105 e. The molecule has 1 fully saturated rings. The Balaban J connectivity index is 1.80. The minimum atomic E-state index is -0.631. The van der Waals surface area contributed by atoms with Crippen molar-refractivity contribution in [3.8, 4) is 0 Å². The largest absolute Gasteiger partial charge is 0.335 e. The van der Waals surface area contributed by atoms with E-state index in [1.165, 1.54) is 0 Å². The Bertz CT molecular complexity index is 418. The Morgan fingerprint density at radius 1 is 1.44 bits per heavy atom. The van der Waals surface area contributed by atoms with Crippen LogP contribution in [0.1, 0.15) is 26.1 Å². The van der Waals surface area contributed by atoms with Crippen molar-refractivity contribution in [3.05, 3.63) is 18.2 Å². The lowest BCUT2D eigenvalue weighted by Gasteiger charge is -2.37. The second kappa shape index (κ2) is 5.97. The second-order valence-corrected chi connectivity index (χ2v) is 7.00. The maximum atomic E-state index is 11.7. The molecule has 1 aliphatic rings. The summed E-state index contributed by atoms with van der Waals surface area (Å²) in [6.07, 6.45) is 5.01. The van der Waals surface area contributed by atoms with Gasteiger partial charge in [-0.3, -0.25) is 9.11 Å². The van der Waals surface area contributed by atoms with Crippen LogP contribution in [0.5, 0.6) is 0 Å². The van der Waals surface area contributed by atoms with E-state index in [1.54, 1.807) is 0 Å². The Kier molecular flexibility index (Phi) is 4.56. The smallest absolute Gasteiger partial charge is 0.105 e. The van der Waals surface area contributed by atoms with E-state index in [4.69, 9.17) is 0 Å². The highest BCUT2D eigenvalue weighted by Gasteiger charge is 2.29. The lowest BCUT2D eigenvalue weighted by atomic mass is 10.2. The topological polar surface area (TPSA) is 38.1 Å². The van der Waals surface area contributed by atoms with E-state index in [2.05, 4.69) is 28.3 Å². The number of aryl methyl sites for hydroxylation is 2. The van der Waals surface area contributed by atoms with Crippen molar-refractivity contribution in [2.45, 2.75) is 45.0 Å². The van der Waals surface area contributed by atoms with Gasteiger partial charge in [-0.1, -0.05) is 0 Å². The standard InChI is InChI=1S/C13H23N3OS/c1-11-12(2)18(17)10-9-15(11)6-4-7-16-8-5-14-13(16)3/h5,8,11-12H,4,6-7,9-10H2,1-3H3. The van der Waals surface area contributed by atoms with E-state index in [-0.39, 0.29) is 0 Å². The second-order valence-electron chi connectivity index (χ2n) is 5.09. The first-order chi connectivity index (χ1) is 8.59. The first kappa shape index (κ1) is 13.7. The highest BCUT2D eigenvalue weighted by atomic mass is 32.2. The number of imidazole rings is 1. The molecular formula is C13H23N3OS. The summed E-state index contributed by atoms with van der Waals surface area (Å²) in [4.78, 5) is 6.70. The molecular weight excluding hydrogens is 246 g/mol. The average molecular weight is 269 g/mol. The van der Waals surface area contributed by atoms with Crippen molar-refractivity contribution >= 4 is 10.8 Å². The van der Waals surface area contributed by atoms with Crippen LogP contribution < -0.4 is 0 Å². The molecule has 0 saturated carbocycles. The van der Waals surface area contributed by atoms with Gasteiger partial charge in [-0.05, 0) is 27.2 Å². The number of aromatic nitrogens is 2. The molecule has 5 heteroatoms. The van der Waals surface area contributed by atoms with E-state index in [0.29, 0.717) is 11.3 Å². The fraction of sp³-hybridized carbons (Fsp3) is 0.769. The van der Waals surface area contributed by atoms with Gasteiger partial charge >= 0.3 is 0 Å². The molecule has 3 atom stereocenters. The highest BCUT2D eigenvalue weighted by molar-refractivity contribution is 7.85. The summed E-state index contributed by atoms with van der Waals surface area (Å²) in [5.41, 5.74) is 0. The van der Waals surface area contributed by atoms with Gasteiger partial charge in [0.25, 0.3) is 0 Å². The molecule has 0 bridgehead atoms. The normalized spacial score (nSPS) is 29.6. The minimum Gasteiger partial charge on any atom is -0.335 e. The first-order valence-electron chi connectivity index (χ1n) is 6.68. The predicted octanol–water partition coefficient (Wildman–Crippen LogP) is 1.42. The summed E-state index contributed by atoms with van der Waals surface area (Å²) in [7, 11) is -0.631. The molecule has 2 rings (SSSR count). The van der Waals surface area contributed by atoms with Crippen LogP contribution in [0.2, 0.25) is 0 Å². The maximum absolute atomic E-state index is 11.7. The third kappa shape index (κ3) is 3.01. The van der Waals surface area contributed by atoms with Crippen LogP contribution in [0.15, 0.2) is 12.4 Å². The minimum absolute atomic E-state index is 0.300. The molecule has 1 aliphatic heterocycles. The van der Waals surface area contributed by atoms with Gasteiger partial charge in [0, 0.05) is 59.9 Å². The molecule has 102 valence electrons. The molecule has 4 nitrogen and oxygen atoms in total. The van der Waals surface area contributed by atoms with Crippen LogP contribution in [-0.4, -0.2) is 48.8 Å². The quantitative estimate of drug-likeness (QED) is 0.830.